The standard InChI is InChI=1S/C20H34O17/c21-1-6(23)11(25)8(2-22)35-19-16(30)13(27)10(4-33-19)37-20-17(31)14(28)9(5-34-20)36-18-15(29)12(26)7(24)3-32-18/h1,6-20,22-31H,2-5H2/t6-,7+,8+,9+,10+,11+,12-,13-,14-,15+,16+,17+,18-,19-,20-/m1/s1. The molecule has 0 aliphatic carbocycles. The van der Waals surface area contributed by atoms with Gasteiger partial charge in [0.15, 0.2) is 25.2 Å². The molecule has 3 aliphatic heterocycles. The molecule has 3 saturated heterocycles. The van der Waals surface area contributed by atoms with E-state index in [1.807, 2.05) is 0 Å². The van der Waals surface area contributed by atoms with Gasteiger partial charge in [-0.05, 0) is 0 Å². The van der Waals surface area contributed by atoms with E-state index in [4.69, 9.17) is 28.4 Å². The van der Waals surface area contributed by atoms with Gasteiger partial charge in [-0.2, -0.15) is 0 Å². The van der Waals surface area contributed by atoms with Crippen LogP contribution in [0.15, 0.2) is 0 Å². The van der Waals surface area contributed by atoms with E-state index in [0.29, 0.717) is 0 Å². The molecule has 3 rings (SSSR count). The predicted molar refractivity (Wildman–Crippen MR) is 111 cm³/mol. The summed E-state index contributed by atoms with van der Waals surface area (Å²) in [6.45, 7) is -2.04. The highest BCUT2D eigenvalue weighted by Gasteiger charge is 2.48. The number of carbonyl (C=O) groups excluding carboxylic acids is 1. The first-order valence-electron chi connectivity index (χ1n) is 11.5. The summed E-state index contributed by atoms with van der Waals surface area (Å²) in [6, 6.07) is 0. The Kier molecular flexibility index (Phi) is 11.1. The van der Waals surface area contributed by atoms with Gasteiger partial charge in [0, 0.05) is 0 Å². The van der Waals surface area contributed by atoms with Crippen LogP contribution >= 0.6 is 0 Å². The van der Waals surface area contributed by atoms with Crippen molar-refractivity contribution in [1.29, 1.82) is 0 Å². The van der Waals surface area contributed by atoms with Gasteiger partial charge < -0.3 is 84.3 Å². The zero-order valence-electron chi connectivity index (χ0n) is 19.4. The van der Waals surface area contributed by atoms with E-state index in [-0.39, 0.29) is 19.5 Å². The van der Waals surface area contributed by atoms with Gasteiger partial charge in [0.2, 0.25) is 0 Å². The smallest absolute Gasteiger partial charge is 0.186 e. The fraction of sp³-hybridized carbons (Fsp3) is 0.950. The lowest BCUT2D eigenvalue weighted by Gasteiger charge is -2.44. The molecule has 3 aliphatic rings. The van der Waals surface area contributed by atoms with Crippen LogP contribution in [0.1, 0.15) is 0 Å². The lowest BCUT2D eigenvalue weighted by molar-refractivity contribution is -0.352. The number of hydrogen-bond donors (Lipinski definition) is 10. The fourth-order valence-corrected chi connectivity index (χ4v) is 3.96. The molecular weight excluding hydrogens is 512 g/mol. The van der Waals surface area contributed by atoms with Gasteiger partial charge in [0.25, 0.3) is 0 Å². The van der Waals surface area contributed by atoms with Crippen LogP contribution in [0, 0.1) is 0 Å². The van der Waals surface area contributed by atoms with Crippen molar-refractivity contribution < 1.29 is 84.3 Å². The molecule has 10 N–H and O–H groups in total. The third-order valence-corrected chi connectivity index (χ3v) is 6.30. The third kappa shape index (κ3) is 6.97. The average molecular weight is 546 g/mol. The molecule has 37 heavy (non-hydrogen) atoms. The molecule has 216 valence electrons. The van der Waals surface area contributed by atoms with Crippen molar-refractivity contribution in [2.45, 2.75) is 92.1 Å². The van der Waals surface area contributed by atoms with Crippen LogP contribution < -0.4 is 0 Å². The Bertz CT molecular complexity index is 714. The highest BCUT2D eigenvalue weighted by molar-refractivity contribution is 5.56. The Morgan fingerprint density at radius 2 is 1.16 bits per heavy atom. The first-order chi connectivity index (χ1) is 17.5. The molecule has 17 nitrogen and oxygen atoms in total. The zero-order valence-corrected chi connectivity index (χ0v) is 19.4. The van der Waals surface area contributed by atoms with E-state index < -0.39 is 105 Å². The first-order valence-corrected chi connectivity index (χ1v) is 11.5. The maximum Gasteiger partial charge on any atom is 0.186 e. The van der Waals surface area contributed by atoms with Crippen molar-refractivity contribution >= 4 is 6.29 Å². The Balaban J connectivity index is 1.52. The van der Waals surface area contributed by atoms with E-state index in [1.54, 1.807) is 0 Å². The molecule has 3 heterocycles. The molecule has 0 aromatic heterocycles. The number of carbonyl (C=O) groups is 1. The minimum absolute atomic E-state index is 0.0190. The molecule has 0 unspecified atom stereocenters. The van der Waals surface area contributed by atoms with Crippen molar-refractivity contribution in [3.63, 3.8) is 0 Å². The lowest BCUT2D eigenvalue weighted by atomic mass is 10.0. The summed E-state index contributed by atoms with van der Waals surface area (Å²) < 4.78 is 31.7. The molecule has 0 bridgehead atoms. The van der Waals surface area contributed by atoms with Crippen LogP contribution in [0.3, 0.4) is 0 Å². The third-order valence-electron chi connectivity index (χ3n) is 6.30. The second-order valence-electron chi connectivity index (χ2n) is 8.94. The topological polar surface area (TPSA) is 275 Å². The van der Waals surface area contributed by atoms with Crippen LogP contribution in [0.4, 0.5) is 0 Å². The Morgan fingerprint density at radius 3 is 1.68 bits per heavy atom. The largest absolute Gasteiger partial charge is 0.394 e. The SMILES string of the molecule is O=C[C@@H](O)[C@H](O)[C@H](CO)O[C@H]1OC[C@H](O[C@H]2OC[C@H](O[C@H]3OC[C@H](O)[C@@H](O)[C@@H]3O)[C@@H](O)[C@@H]2O)[C@@H](O)[C@@H]1O. The maximum atomic E-state index is 10.6. The van der Waals surface area contributed by atoms with Crippen LogP contribution in [-0.4, -0.2) is 176 Å². The van der Waals surface area contributed by atoms with Gasteiger partial charge in [-0.15, -0.1) is 0 Å². The fourth-order valence-electron chi connectivity index (χ4n) is 3.96. The number of hydrogen-bond acceptors (Lipinski definition) is 17. The van der Waals surface area contributed by atoms with Crippen molar-refractivity contribution in [3.8, 4) is 0 Å². The van der Waals surface area contributed by atoms with Crippen molar-refractivity contribution in [3.05, 3.63) is 0 Å². The first kappa shape index (κ1) is 30.6. The summed E-state index contributed by atoms with van der Waals surface area (Å²) in [7, 11) is 0. The number of aliphatic hydroxyl groups excluding tert-OH is 10. The van der Waals surface area contributed by atoms with Crippen molar-refractivity contribution in [2.24, 2.45) is 0 Å². The number of ether oxygens (including phenoxy) is 6. The second kappa shape index (κ2) is 13.4. The molecule has 0 aromatic carbocycles. The predicted octanol–water partition coefficient (Wildman–Crippen LogP) is -7.35. The Morgan fingerprint density at radius 1 is 0.703 bits per heavy atom. The highest BCUT2D eigenvalue weighted by atomic mass is 16.7. The van der Waals surface area contributed by atoms with E-state index in [0.717, 1.165) is 0 Å². The zero-order chi connectivity index (χ0) is 27.4. The Hall–Kier alpha value is -0.970. The van der Waals surface area contributed by atoms with Crippen LogP contribution in [0.2, 0.25) is 0 Å². The molecule has 17 heteroatoms. The van der Waals surface area contributed by atoms with E-state index in [2.05, 4.69) is 0 Å². The van der Waals surface area contributed by atoms with E-state index >= 15 is 0 Å². The number of rotatable bonds is 10. The summed E-state index contributed by atoms with van der Waals surface area (Å²) in [5, 5.41) is 99.4. The quantitative estimate of drug-likeness (QED) is 0.114. The maximum absolute atomic E-state index is 10.6. The molecular formula is C20H34O17. The highest BCUT2D eigenvalue weighted by Crippen LogP contribution is 2.27. The van der Waals surface area contributed by atoms with Gasteiger partial charge in [-0.1, -0.05) is 0 Å². The van der Waals surface area contributed by atoms with Crippen LogP contribution in [0.25, 0.3) is 0 Å². The Labute approximate surface area is 209 Å². The minimum atomic E-state index is -1.88. The number of aliphatic hydroxyl groups is 10. The lowest BCUT2D eigenvalue weighted by Crippen LogP contribution is -2.62. The van der Waals surface area contributed by atoms with Gasteiger partial charge in [0.05, 0.1) is 26.4 Å². The normalized spacial score (nSPS) is 45.7. The summed E-state index contributed by atoms with van der Waals surface area (Å²) in [5.74, 6) is 0. The van der Waals surface area contributed by atoms with Crippen LogP contribution in [0.5, 0.6) is 0 Å². The summed E-state index contributed by atoms with van der Waals surface area (Å²) in [6.07, 6.45) is -23.8. The van der Waals surface area contributed by atoms with Crippen molar-refractivity contribution in [1.82, 2.24) is 0 Å². The van der Waals surface area contributed by atoms with Gasteiger partial charge in [-0.3, -0.25) is 0 Å². The van der Waals surface area contributed by atoms with Crippen molar-refractivity contribution in [2.75, 3.05) is 26.4 Å². The summed E-state index contributed by atoms with van der Waals surface area (Å²) in [4.78, 5) is 10.6. The average Bonchev–Trinajstić information content (AvgIpc) is 2.89. The monoisotopic (exact) mass is 546 g/mol. The van der Waals surface area contributed by atoms with Gasteiger partial charge in [-0.25, -0.2) is 0 Å². The summed E-state index contributed by atoms with van der Waals surface area (Å²) in [5.41, 5.74) is 0. The minimum Gasteiger partial charge on any atom is -0.394 e. The van der Waals surface area contributed by atoms with E-state index in [1.165, 1.54) is 0 Å². The molecule has 0 saturated carbocycles. The molecule has 15 atom stereocenters. The van der Waals surface area contributed by atoms with Gasteiger partial charge >= 0.3 is 0 Å². The molecule has 0 spiro atoms. The van der Waals surface area contributed by atoms with E-state index in [9.17, 15) is 55.9 Å². The second-order valence-corrected chi connectivity index (χ2v) is 8.94. The molecule has 3 fully saturated rings. The molecule has 0 amide bonds. The molecule has 0 aromatic rings. The molecule has 0 radical (unpaired) electrons. The summed E-state index contributed by atoms with van der Waals surface area (Å²) >= 11 is 0. The van der Waals surface area contributed by atoms with Crippen LogP contribution in [-0.2, 0) is 33.2 Å². The van der Waals surface area contributed by atoms with Gasteiger partial charge in [0.1, 0.15) is 73.2 Å². The number of aldehydes is 1.